The van der Waals surface area contributed by atoms with Gasteiger partial charge in [0.05, 0.1) is 11.4 Å². The summed E-state index contributed by atoms with van der Waals surface area (Å²) >= 11 is 5.85. The normalized spacial score (nSPS) is 12.4. The number of rotatable bonds is 10. The number of hydrogen-bond acceptors (Lipinski definition) is 4. The molecule has 0 heterocycles. The summed E-state index contributed by atoms with van der Waals surface area (Å²) in [5.74, 6) is -0.719. The number of carbonyl (C=O) groups is 2. The predicted octanol–water partition coefficient (Wildman–Crippen LogP) is 3.21. The molecule has 7 nitrogen and oxygen atoms in total. The molecular weight excluding hydrogens is 450 g/mol. The standard InChI is InChI=1S/C23H30ClN3O4S/c1-5-21(23(29)25-6-2)27(15-18-9-7-8-17(3)14-18)22(28)16-26(4)32(30,31)20-12-10-19(24)11-13-20/h7-14,21H,5-6,15-16H2,1-4H3,(H,25,29)/t21-/m1/s1. The first-order chi connectivity index (χ1) is 15.1. The number of aryl methyl sites for hydroxylation is 1. The van der Waals surface area contributed by atoms with E-state index in [1.165, 1.54) is 36.2 Å². The van der Waals surface area contributed by atoms with Crippen LogP contribution < -0.4 is 5.32 Å². The molecule has 0 spiro atoms. The minimum absolute atomic E-state index is 0.0400. The number of amides is 2. The lowest BCUT2D eigenvalue weighted by Crippen LogP contribution is -2.51. The Morgan fingerprint density at radius 2 is 1.75 bits per heavy atom. The van der Waals surface area contributed by atoms with Crippen molar-refractivity contribution in [1.82, 2.24) is 14.5 Å². The number of benzene rings is 2. The highest BCUT2D eigenvalue weighted by Gasteiger charge is 2.31. The largest absolute Gasteiger partial charge is 0.355 e. The predicted molar refractivity (Wildman–Crippen MR) is 126 cm³/mol. The zero-order valence-corrected chi connectivity index (χ0v) is 20.4. The molecule has 0 aliphatic heterocycles. The number of carbonyl (C=O) groups excluding carboxylic acids is 2. The summed E-state index contributed by atoms with van der Waals surface area (Å²) in [5, 5.41) is 3.18. The maximum atomic E-state index is 13.3. The lowest BCUT2D eigenvalue weighted by Gasteiger charge is -2.32. The van der Waals surface area contributed by atoms with Gasteiger partial charge in [-0.2, -0.15) is 4.31 Å². The molecule has 1 atom stereocenters. The molecule has 174 valence electrons. The Kier molecular flexibility index (Phi) is 9.24. The fraction of sp³-hybridized carbons (Fsp3) is 0.391. The van der Waals surface area contributed by atoms with Gasteiger partial charge in [0.2, 0.25) is 21.8 Å². The SMILES string of the molecule is CCNC(=O)[C@@H](CC)N(Cc1cccc(C)c1)C(=O)CN(C)S(=O)(=O)c1ccc(Cl)cc1. The van der Waals surface area contributed by atoms with Crippen molar-refractivity contribution in [3.63, 3.8) is 0 Å². The van der Waals surface area contributed by atoms with E-state index in [1.807, 2.05) is 45.0 Å². The molecule has 0 aliphatic carbocycles. The highest BCUT2D eigenvalue weighted by molar-refractivity contribution is 7.89. The average molecular weight is 480 g/mol. The number of halogens is 1. The Morgan fingerprint density at radius 3 is 2.31 bits per heavy atom. The Labute approximate surface area is 195 Å². The molecule has 2 rings (SSSR count). The Bertz CT molecular complexity index is 1040. The number of hydrogen-bond donors (Lipinski definition) is 1. The zero-order chi connectivity index (χ0) is 23.9. The van der Waals surface area contributed by atoms with Gasteiger partial charge in [-0.15, -0.1) is 0 Å². The zero-order valence-electron chi connectivity index (χ0n) is 18.8. The van der Waals surface area contributed by atoms with Crippen molar-refractivity contribution >= 4 is 33.4 Å². The summed E-state index contributed by atoms with van der Waals surface area (Å²) in [6.45, 7) is 5.82. The van der Waals surface area contributed by atoms with E-state index in [1.54, 1.807) is 0 Å². The summed E-state index contributed by atoms with van der Waals surface area (Å²) < 4.78 is 26.8. The van der Waals surface area contributed by atoms with Gasteiger partial charge in [-0.1, -0.05) is 48.4 Å². The van der Waals surface area contributed by atoms with E-state index >= 15 is 0 Å². The van der Waals surface area contributed by atoms with Crippen molar-refractivity contribution in [2.24, 2.45) is 0 Å². The number of likely N-dealkylation sites (N-methyl/N-ethyl adjacent to an activating group) is 2. The van der Waals surface area contributed by atoms with Crippen molar-refractivity contribution < 1.29 is 18.0 Å². The topological polar surface area (TPSA) is 86.8 Å². The number of nitrogens with zero attached hydrogens (tertiary/aromatic N) is 2. The van der Waals surface area contributed by atoms with E-state index in [2.05, 4.69) is 5.32 Å². The maximum Gasteiger partial charge on any atom is 0.243 e. The van der Waals surface area contributed by atoms with Crippen LogP contribution in [0.4, 0.5) is 0 Å². The van der Waals surface area contributed by atoms with Crippen LogP contribution in [-0.2, 0) is 26.2 Å². The third kappa shape index (κ3) is 6.54. The van der Waals surface area contributed by atoms with Gasteiger partial charge < -0.3 is 10.2 Å². The van der Waals surface area contributed by atoms with Gasteiger partial charge >= 0.3 is 0 Å². The fourth-order valence-electron chi connectivity index (χ4n) is 3.37. The van der Waals surface area contributed by atoms with Crippen molar-refractivity contribution in [3.8, 4) is 0 Å². The highest BCUT2D eigenvalue weighted by Crippen LogP contribution is 2.19. The first kappa shape index (κ1) is 25.8. The maximum absolute atomic E-state index is 13.3. The molecule has 2 amide bonds. The van der Waals surface area contributed by atoms with Gasteiger partial charge in [-0.05, 0) is 50.1 Å². The van der Waals surface area contributed by atoms with E-state index in [0.717, 1.165) is 15.4 Å². The van der Waals surface area contributed by atoms with E-state index < -0.39 is 28.5 Å². The minimum atomic E-state index is -3.90. The van der Waals surface area contributed by atoms with Crippen LogP contribution in [0.3, 0.4) is 0 Å². The summed E-state index contributed by atoms with van der Waals surface area (Å²) in [6.07, 6.45) is 0.400. The molecule has 9 heteroatoms. The van der Waals surface area contributed by atoms with Crippen LogP contribution >= 0.6 is 11.6 Å². The molecular formula is C23H30ClN3O4S. The molecule has 0 aliphatic rings. The second-order valence-corrected chi connectivity index (χ2v) is 10.0. The minimum Gasteiger partial charge on any atom is -0.355 e. The van der Waals surface area contributed by atoms with Gasteiger partial charge in [-0.25, -0.2) is 8.42 Å². The molecule has 0 unspecified atom stereocenters. The van der Waals surface area contributed by atoms with Gasteiger partial charge in [0.1, 0.15) is 6.04 Å². The van der Waals surface area contributed by atoms with Crippen molar-refractivity contribution in [2.75, 3.05) is 20.1 Å². The smallest absolute Gasteiger partial charge is 0.243 e. The number of nitrogens with one attached hydrogen (secondary N) is 1. The molecule has 0 saturated carbocycles. The molecule has 0 aromatic heterocycles. The Hall–Kier alpha value is -2.42. The van der Waals surface area contributed by atoms with E-state index in [9.17, 15) is 18.0 Å². The summed E-state index contributed by atoms with van der Waals surface area (Å²) in [6, 6.07) is 12.7. The van der Waals surface area contributed by atoms with E-state index in [0.29, 0.717) is 18.0 Å². The fourth-order valence-corrected chi connectivity index (χ4v) is 4.62. The van der Waals surface area contributed by atoms with Gasteiger partial charge in [0, 0.05) is 25.2 Å². The molecule has 0 radical (unpaired) electrons. The molecule has 2 aromatic carbocycles. The lowest BCUT2D eigenvalue weighted by atomic mass is 10.1. The van der Waals surface area contributed by atoms with Gasteiger partial charge in [0.15, 0.2) is 0 Å². The second-order valence-electron chi connectivity index (χ2n) is 7.54. The van der Waals surface area contributed by atoms with Crippen molar-refractivity contribution in [1.29, 1.82) is 0 Å². The van der Waals surface area contributed by atoms with E-state index in [4.69, 9.17) is 11.6 Å². The summed E-state index contributed by atoms with van der Waals surface area (Å²) in [4.78, 5) is 27.5. The van der Waals surface area contributed by atoms with Gasteiger partial charge in [-0.3, -0.25) is 9.59 Å². The summed E-state index contributed by atoms with van der Waals surface area (Å²) in [5.41, 5.74) is 1.90. The van der Waals surface area contributed by atoms with Crippen molar-refractivity contribution in [2.45, 2.75) is 44.7 Å². The first-order valence-corrected chi connectivity index (χ1v) is 12.3. The van der Waals surface area contributed by atoms with Crippen LogP contribution in [0, 0.1) is 6.92 Å². The second kappa shape index (κ2) is 11.4. The van der Waals surface area contributed by atoms with Crippen LogP contribution in [0.25, 0.3) is 0 Å². The molecule has 1 N–H and O–H groups in total. The quantitative estimate of drug-likeness (QED) is 0.566. The molecule has 0 saturated heterocycles. The lowest BCUT2D eigenvalue weighted by molar-refractivity contribution is -0.141. The van der Waals surface area contributed by atoms with E-state index in [-0.39, 0.29) is 17.3 Å². The Morgan fingerprint density at radius 1 is 1.09 bits per heavy atom. The van der Waals surface area contributed by atoms with Crippen molar-refractivity contribution in [3.05, 3.63) is 64.7 Å². The van der Waals surface area contributed by atoms with Gasteiger partial charge in [0.25, 0.3) is 0 Å². The average Bonchev–Trinajstić information content (AvgIpc) is 2.74. The van der Waals surface area contributed by atoms with Crippen LogP contribution in [-0.4, -0.2) is 55.6 Å². The van der Waals surface area contributed by atoms with Crippen LogP contribution in [0.2, 0.25) is 5.02 Å². The molecule has 0 fully saturated rings. The van der Waals surface area contributed by atoms with Crippen LogP contribution in [0.15, 0.2) is 53.4 Å². The molecule has 2 aromatic rings. The first-order valence-electron chi connectivity index (χ1n) is 10.4. The van der Waals surface area contributed by atoms with Crippen LogP contribution in [0.1, 0.15) is 31.4 Å². The third-order valence-electron chi connectivity index (χ3n) is 5.05. The Balaban J connectivity index is 2.31. The molecule has 0 bridgehead atoms. The van der Waals surface area contributed by atoms with Crippen LogP contribution in [0.5, 0.6) is 0 Å². The number of sulfonamides is 1. The highest BCUT2D eigenvalue weighted by atomic mass is 35.5. The monoisotopic (exact) mass is 479 g/mol. The third-order valence-corrected chi connectivity index (χ3v) is 7.12. The summed E-state index contributed by atoms with van der Waals surface area (Å²) in [7, 11) is -2.55. The molecule has 32 heavy (non-hydrogen) atoms.